The third kappa shape index (κ3) is 4.60. The van der Waals surface area contributed by atoms with Gasteiger partial charge >= 0.3 is 5.69 Å². The number of ether oxygens (including phenoxy) is 1. The molecule has 0 fully saturated rings. The van der Waals surface area contributed by atoms with Gasteiger partial charge < -0.3 is 10.5 Å². The average Bonchev–Trinajstić information content (AvgIpc) is 2.51. The van der Waals surface area contributed by atoms with Crippen LogP contribution in [0.3, 0.4) is 0 Å². The van der Waals surface area contributed by atoms with Crippen molar-refractivity contribution >= 4 is 0 Å². The first-order chi connectivity index (χ1) is 10.7. The number of H-pyrrole nitrogens is 1. The van der Waals surface area contributed by atoms with E-state index in [0.29, 0.717) is 18.0 Å². The van der Waals surface area contributed by atoms with Gasteiger partial charge in [0.05, 0.1) is 12.3 Å². The maximum atomic E-state index is 11.8. The van der Waals surface area contributed by atoms with E-state index in [1.54, 1.807) is 12.1 Å². The Morgan fingerprint density at radius 1 is 1.09 bits per heavy atom. The van der Waals surface area contributed by atoms with Gasteiger partial charge in [0.2, 0.25) is 0 Å². The van der Waals surface area contributed by atoms with Crippen molar-refractivity contribution in [1.82, 2.24) is 9.55 Å². The lowest BCUT2D eigenvalue weighted by Crippen LogP contribution is -2.27. The Kier molecular flexibility index (Phi) is 5.97. The highest BCUT2D eigenvalue weighted by atomic mass is 16.5. The summed E-state index contributed by atoms with van der Waals surface area (Å²) < 4.78 is 7.06. The number of hydrogen-bond donors (Lipinski definition) is 2. The first-order valence-electron chi connectivity index (χ1n) is 7.46. The van der Waals surface area contributed by atoms with Crippen LogP contribution in [0.2, 0.25) is 0 Å². The van der Waals surface area contributed by atoms with E-state index in [1.807, 2.05) is 12.1 Å². The quantitative estimate of drug-likeness (QED) is 0.722. The largest absolute Gasteiger partial charge is 0.494 e. The van der Waals surface area contributed by atoms with Crippen molar-refractivity contribution in [2.45, 2.75) is 25.7 Å². The Morgan fingerprint density at radius 2 is 1.91 bits per heavy atom. The topological polar surface area (TPSA) is 90.1 Å². The highest BCUT2D eigenvalue weighted by Gasteiger charge is 2.02. The zero-order valence-electron chi connectivity index (χ0n) is 12.5. The molecule has 6 nitrogen and oxygen atoms in total. The predicted molar refractivity (Wildman–Crippen MR) is 85.7 cm³/mol. The van der Waals surface area contributed by atoms with Crippen LogP contribution in [0.4, 0.5) is 0 Å². The van der Waals surface area contributed by atoms with E-state index in [1.165, 1.54) is 16.8 Å². The van der Waals surface area contributed by atoms with Crippen LogP contribution in [0, 0.1) is 0 Å². The maximum absolute atomic E-state index is 11.8. The number of hydrogen-bond acceptors (Lipinski definition) is 4. The van der Waals surface area contributed by atoms with Gasteiger partial charge in [-0.05, 0) is 31.5 Å². The molecule has 0 saturated carbocycles. The number of benzene rings is 1. The molecule has 0 atom stereocenters. The minimum atomic E-state index is -0.466. The van der Waals surface area contributed by atoms with Gasteiger partial charge in [0.15, 0.2) is 0 Å². The molecule has 1 heterocycles. The van der Waals surface area contributed by atoms with Gasteiger partial charge in [-0.25, -0.2) is 4.79 Å². The SMILES string of the molecule is NCCCCCCOc1cccc(-n2ccc(=O)[nH]c2=O)c1. The fourth-order valence-corrected chi connectivity index (χ4v) is 2.13. The number of nitrogens with two attached hydrogens (primary N) is 1. The van der Waals surface area contributed by atoms with E-state index < -0.39 is 11.2 Å². The Bertz CT molecular complexity index is 706. The van der Waals surface area contributed by atoms with Crippen molar-refractivity contribution in [2.75, 3.05) is 13.2 Å². The average molecular weight is 303 g/mol. The van der Waals surface area contributed by atoms with E-state index in [4.69, 9.17) is 10.5 Å². The summed E-state index contributed by atoms with van der Waals surface area (Å²) in [6.07, 6.45) is 5.68. The van der Waals surface area contributed by atoms with Gasteiger partial charge in [0, 0.05) is 18.3 Å². The molecule has 0 aliphatic heterocycles. The zero-order chi connectivity index (χ0) is 15.8. The smallest absolute Gasteiger partial charge is 0.332 e. The van der Waals surface area contributed by atoms with E-state index >= 15 is 0 Å². The number of aromatic amines is 1. The normalized spacial score (nSPS) is 10.6. The molecule has 0 aliphatic rings. The number of unbranched alkanes of at least 4 members (excludes halogenated alkanes) is 3. The number of aromatic nitrogens is 2. The number of nitrogens with zero attached hydrogens (tertiary/aromatic N) is 1. The van der Waals surface area contributed by atoms with Gasteiger partial charge in [-0.1, -0.05) is 18.9 Å². The Labute approximate surface area is 128 Å². The van der Waals surface area contributed by atoms with Gasteiger partial charge in [-0.2, -0.15) is 0 Å². The van der Waals surface area contributed by atoms with Crippen LogP contribution in [-0.2, 0) is 0 Å². The van der Waals surface area contributed by atoms with Crippen LogP contribution in [0.1, 0.15) is 25.7 Å². The molecular weight excluding hydrogens is 282 g/mol. The van der Waals surface area contributed by atoms with Crippen LogP contribution < -0.4 is 21.7 Å². The summed E-state index contributed by atoms with van der Waals surface area (Å²) in [4.78, 5) is 25.1. The van der Waals surface area contributed by atoms with Crippen molar-refractivity contribution in [3.8, 4) is 11.4 Å². The molecule has 0 aliphatic carbocycles. The summed E-state index contributed by atoms with van der Waals surface area (Å²) in [6.45, 7) is 1.37. The van der Waals surface area contributed by atoms with Crippen molar-refractivity contribution in [3.05, 3.63) is 57.4 Å². The molecule has 2 rings (SSSR count). The highest BCUT2D eigenvalue weighted by Crippen LogP contribution is 2.16. The van der Waals surface area contributed by atoms with E-state index in [9.17, 15) is 9.59 Å². The molecule has 0 amide bonds. The Morgan fingerprint density at radius 3 is 2.68 bits per heavy atom. The van der Waals surface area contributed by atoms with Crippen LogP contribution in [0.25, 0.3) is 5.69 Å². The molecule has 3 N–H and O–H groups in total. The lowest BCUT2D eigenvalue weighted by Gasteiger charge is -2.09. The Balaban J connectivity index is 1.98. The minimum Gasteiger partial charge on any atom is -0.494 e. The van der Waals surface area contributed by atoms with Gasteiger partial charge in [0.1, 0.15) is 5.75 Å². The number of rotatable bonds is 8. The molecule has 118 valence electrons. The highest BCUT2D eigenvalue weighted by molar-refractivity contribution is 5.39. The second-order valence-corrected chi connectivity index (χ2v) is 5.03. The van der Waals surface area contributed by atoms with Crippen LogP contribution in [0.5, 0.6) is 5.75 Å². The summed E-state index contributed by atoms with van der Waals surface area (Å²) in [6, 6.07) is 8.54. The summed E-state index contributed by atoms with van der Waals surface area (Å²) in [5.74, 6) is 0.703. The molecule has 0 unspecified atom stereocenters. The standard InChI is InChI=1S/C16H21N3O3/c17-9-3-1-2-4-11-22-14-7-5-6-13(12-14)19-10-8-15(20)18-16(19)21/h5-8,10,12H,1-4,9,11,17H2,(H,18,20,21). The molecule has 0 bridgehead atoms. The lowest BCUT2D eigenvalue weighted by molar-refractivity contribution is 0.304. The molecule has 0 spiro atoms. The molecule has 0 radical (unpaired) electrons. The summed E-state index contributed by atoms with van der Waals surface area (Å²) in [5.41, 5.74) is 5.22. The third-order valence-corrected chi connectivity index (χ3v) is 3.29. The first-order valence-corrected chi connectivity index (χ1v) is 7.46. The summed E-state index contributed by atoms with van der Waals surface area (Å²) in [5, 5.41) is 0. The molecule has 22 heavy (non-hydrogen) atoms. The molecule has 1 aromatic carbocycles. The number of nitrogens with one attached hydrogen (secondary N) is 1. The van der Waals surface area contributed by atoms with Gasteiger partial charge in [-0.3, -0.25) is 14.3 Å². The molecule has 2 aromatic rings. The molecule has 1 aromatic heterocycles. The van der Waals surface area contributed by atoms with Crippen molar-refractivity contribution in [2.24, 2.45) is 5.73 Å². The predicted octanol–water partition coefficient (Wildman–Crippen LogP) is 1.42. The Hall–Kier alpha value is -2.34. The maximum Gasteiger partial charge on any atom is 0.332 e. The summed E-state index contributed by atoms with van der Waals surface area (Å²) in [7, 11) is 0. The minimum absolute atomic E-state index is 0.411. The third-order valence-electron chi connectivity index (χ3n) is 3.29. The van der Waals surface area contributed by atoms with Crippen LogP contribution >= 0.6 is 0 Å². The van der Waals surface area contributed by atoms with E-state index in [0.717, 1.165) is 32.2 Å². The van der Waals surface area contributed by atoms with E-state index in [-0.39, 0.29) is 0 Å². The fraction of sp³-hybridized carbons (Fsp3) is 0.375. The second kappa shape index (κ2) is 8.19. The van der Waals surface area contributed by atoms with Crippen molar-refractivity contribution < 1.29 is 4.74 Å². The van der Waals surface area contributed by atoms with Crippen LogP contribution in [0.15, 0.2) is 46.1 Å². The lowest BCUT2D eigenvalue weighted by atomic mass is 10.2. The van der Waals surface area contributed by atoms with Gasteiger partial charge in [-0.15, -0.1) is 0 Å². The fourth-order valence-electron chi connectivity index (χ4n) is 2.13. The zero-order valence-corrected chi connectivity index (χ0v) is 12.5. The molecule has 6 heteroatoms. The van der Waals surface area contributed by atoms with Crippen molar-refractivity contribution in [1.29, 1.82) is 0 Å². The van der Waals surface area contributed by atoms with Crippen molar-refractivity contribution in [3.63, 3.8) is 0 Å². The molecular formula is C16H21N3O3. The van der Waals surface area contributed by atoms with E-state index in [2.05, 4.69) is 4.98 Å². The monoisotopic (exact) mass is 303 g/mol. The second-order valence-electron chi connectivity index (χ2n) is 5.03. The van der Waals surface area contributed by atoms with Crippen LogP contribution in [-0.4, -0.2) is 22.7 Å². The first kappa shape index (κ1) is 16.0. The summed E-state index contributed by atoms with van der Waals surface area (Å²) >= 11 is 0. The molecule has 0 saturated heterocycles. The van der Waals surface area contributed by atoms with Gasteiger partial charge in [0.25, 0.3) is 5.56 Å².